The number of anilines is 1. The SMILES string of the molecule is Cc1cccc(C(=O)Nc2cccc(C(C)Oc3cc(Cl)cnc3[N+](=O)[O-])c2)c1. The Morgan fingerprint density at radius 2 is 1.97 bits per heavy atom. The Morgan fingerprint density at radius 1 is 1.21 bits per heavy atom. The van der Waals surface area contributed by atoms with Crippen molar-refractivity contribution in [1.82, 2.24) is 4.98 Å². The van der Waals surface area contributed by atoms with Gasteiger partial charge in [-0.2, -0.15) is 0 Å². The van der Waals surface area contributed by atoms with Crippen LogP contribution in [0.25, 0.3) is 0 Å². The lowest BCUT2D eigenvalue weighted by molar-refractivity contribution is -0.390. The molecule has 0 fully saturated rings. The average molecular weight is 412 g/mol. The molecular formula is C21H18ClN3O4. The van der Waals surface area contributed by atoms with Crippen molar-refractivity contribution in [2.24, 2.45) is 0 Å². The first-order valence-electron chi connectivity index (χ1n) is 8.78. The minimum Gasteiger partial charge on any atom is -0.478 e. The van der Waals surface area contributed by atoms with Gasteiger partial charge < -0.3 is 20.2 Å². The van der Waals surface area contributed by atoms with Crippen molar-refractivity contribution in [3.05, 3.63) is 92.6 Å². The van der Waals surface area contributed by atoms with Crippen LogP contribution in [0.2, 0.25) is 5.02 Å². The smallest absolute Gasteiger partial charge is 0.406 e. The predicted molar refractivity (Wildman–Crippen MR) is 111 cm³/mol. The number of nitrogens with one attached hydrogen (secondary N) is 1. The number of nitro groups is 1. The number of aromatic nitrogens is 1. The molecule has 7 nitrogen and oxygen atoms in total. The van der Waals surface area contributed by atoms with E-state index in [-0.39, 0.29) is 16.7 Å². The summed E-state index contributed by atoms with van der Waals surface area (Å²) in [6.07, 6.45) is 0.656. The Balaban J connectivity index is 1.78. The van der Waals surface area contributed by atoms with E-state index in [0.717, 1.165) is 11.1 Å². The van der Waals surface area contributed by atoms with Gasteiger partial charge >= 0.3 is 5.82 Å². The van der Waals surface area contributed by atoms with Gasteiger partial charge in [0.05, 0.1) is 5.02 Å². The number of amides is 1. The van der Waals surface area contributed by atoms with Crippen LogP contribution in [-0.2, 0) is 0 Å². The Kier molecular flexibility index (Phi) is 6.09. The Bertz CT molecular complexity index is 1070. The van der Waals surface area contributed by atoms with E-state index in [1.54, 1.807) is 43.3 Å². The average Bonchev–Trinajstić information content (AvgIpc) is 2.68. The molecule has 8 heteroatoms. The van der Waals surface area contributed by atoms with Gasteiger partial charge in [-0.1, -0.05) is 41.4 Å². The van der Waals surface area contributed by atoms with Gasteiger partial charge in [0, 0.05) is 17.3 Å². The molecule has 3 aromatic rings. The number of carbonyl (C=O) groups excluding carboxylic acids is 1. The van der Waals surface area contributed by atoms with Crippen LogP contribution >= 0.6 is 11.6 Å². The van der Waals surface area contributed by atoms with E-state index in [1.807, 2.05) is 19.1 Å². The van der Waals surface area contributed by atoms with Crippen molar-refractivity contribution in [2.75, 3.05) is 5.32 Å². The molecule has 1 aromatic heterocycles. The minimum atomic E-state index is -0.628. The molecule has 29 heavy (non-hydrogen) atoms. The number of nitrogens with zero attached hydrogens (tertiary/aromatic N) is 2. The van der Waals surface area contributed by atoms with Crippen molar-refractivity contribution in [3.8, 4) is 5.75 Å². The maximum absolute atomic E-state index is 12.5. The third-order valence-corrected chi connectivity index (χ3v) is 4.38. The van der Waals surface area contributed by atoms with Gasteiger partial charge in [-0.3, -0.25) is 4.79 Å². The first-order valence-corrected chi connectivity index (χ1v) is 9.16. The molecule has 1 unspecified atom stereocenters. The van der Waals surface area contributed by atoms with E-state index in [0.29, 0.717) is 11.3 Å². The molecular weight excluding hydrogens is 394 g/mol. The lowest BCUT2D eigenvalue weighted by atomic mass is 10.1. The highest BCUT2D eigenvalue weighted by atomic mass is 35.5. The van der Waals surface area contributed by atoms with E-state index in [9.17, 15) is 14.9 Å². The quantitative estimate of drug-likeness (QED) is 0.436. The summed E-state index contributed by atoms with van der Waals surface area (Å²) in [5.41, 5.74) is 2.86. The van der Waals surface area contributed by atoms with Gasteiger partial charge in [-0.25, -0.2) is 0 Å². The predicted octanol–water partition coefficient (Wildman–Crippen LogP) is 5.34. The Hall–Kier alpha value is -3.45. The topological polar surface area (TPSA) is 94.4 Å². The van der Waals surface area contributed by atoms with Crippen LogP contribution in [0, 0.1) is 17.0 Å². The molecule has 0 bridgehead atoms. The van der Waals surface area contributed by atoms with Gasteiger partial charge in [0.2, 0.25) is 5.75 Å². The van der Waals surface area contributed by atoms with Crippen molar-refractivity contribution < 1.29 is 14.5 Å². The number of benzene rings is 2. The molecule has 2 aromatic carbocycles. The molecule has 0 aliphatic carbocycles. The Morgan fingerprint density at radius 3 is 2.69 bits per heavy atom. The largest absolute Gasteiger partial charge is 0.478 e. The molecule has 0 saturated carbocycles. The molecule has 1 heterocycles. The lowest BCUT2D eigenvalue weighted by Gasteiger charge is -2.16. The zero-order valence-electron chi connectivity index (χ0n) is 15.8. The molecule has 1 amide bonds. The van der Waals surface area contributed by atoms with Crippen LogP contribution in [0.1, 0.15) is 34.5 Å². The number of rotatable bonds is 6. The summed E-state index contributed by atoms with van der Waals surface area (Å²) in [5, 5.41) is 14.2. The highest BCUT2D eigenvalue weighted by Crippen LogP contribution is 2.32. The van der Waals surface area contributed by atoms with E-state index < -0.39 is 16.8 Å². The molecule has 0 aliphatic rings. The number of carbonyl (C=O) groups is 1. The van der Waals surface area contributed by atoms with Crippen LogP contribution in [0.4, 0.5) is 11.5 Å². The first-order chi connectivity index (χ1) is 13.8. The maximum atomic E-state index is 12.5. The van der Waals surface area contributed by atoms with Crippen LogP contribution in [0.3, 0.4) is 0 Å². The number of pyridine rings is 1. The number of ether oxygens (including phenoxy) is 1. The number of hydrogen-bond acceptors (Lipinski definition) is 5. The summed E-state index contributed by atoms with van der Waals surface area (Å²) >= 11 is 5.89. The van der Waals surface area contributed by atoms with Gasteiger partial charge in [0.25, 0.3) is 5.91 Å². The van der Waals surface area contributed by atoms with Gasteiger partial charge in [-0.05, 0) is 53.6 Å². The van der Waals surface area contributed by atoms with Crippen molar-refractivity contribution in [1.29, 1.82) is 0 Å². The van der Waals surface area contributed by atoms with Crippen LogP contribution in [-0.4, -0.2) is 15.8 Å². The summed E-state index contributed by atoms with van der Waals surface area (Å²) in [6, 6.07) is 15.7. The molecule has 3 rings (SSSR count). The second-order valence-electron chi connectivity index (χ2n) is 6.44. The summed E-state index contributed by atoms with van der Waals surface area (Å²) in [6.45, 7) is 3.66. The zero-order valence-corrected chi connectivity index (χ0v) is 16.5. The molecule has 0 aliphatic heterocycles. The molecule has 1 N–H and O–H groups in total. The first kappa shape index (κ1) is 20.3. The zero-order chi connectivity index (χ0) is 21.0. The second kappa shape index (κ2) is 8.70. The minimum absolute atomic E-state index is 0.0239. The summed E-state index contributed by atoms with van der Waals surface area (Å²) in [5.74, 6) is -0.663. The van der Waals surface area contributed by atoms with Crippen LogP contribution in [0.15, 0.2) is 60.8 Å². The number of hydrogen-bond donors (Lipinski definition) is 1. The van der Waals surface area contributed by atoms with Crippen LogP contribution < -0.4 is 10.1 Å². The summed E-state index contributed by atoms with van der Waals surface area (Å²) in [4.78, 5) is 26.7. The van der Waals surface area contributed by atoms with Gasteiger partial charge in [0.1, 0.15) is 6.10 Å². The van der Waals surface area contributed by atoms with Gasteiger partial charge in [-0.15, -0.1) is 0 Å². The van der Waals surface area contributed by atoms with Crippen molar-refractivity contribution >= 4 is 29.0 Å². The Labute approximate surface area is 172 Å². The third-order valence-electron chi connectivity index (χ3n) is 4.17. The van der Waals surface area contributed by atoms with E-state index in [4.69, 9.17) is 16.3 Å². The van der Waals surface area contributed by atoms with E-state index in [2.05, 4.69) is 10.3 Å². The molecule has 148 valence electrons. The van der Waals surface area contributed by atoms with Crippen molar-refractivity contribution in [3.63, 3.8) is 0 Å². The third kappa shape index (κ3) is 5.08. The molecule has 0 saturated heterocycles. The molecule has 0 radical (unpaired) electrons. The number of halogens is 1. The van der Waals surface area contributed by atoms with Gasteiger partial charge in [0.15, 0.2) is 6.20 Å². The second-order valence-corrected chi connectivity index (χ2v) is 6.88. The van der Waals surface area contributed by atoms with E-state index >= 15 is 0 Å². The fourth-order valence-corrected chi connectivity index (χ4v) is 2.90. The standard InChI is InChI=1S/C21H18ClN3O4/c1-13-5-3-7-16(9-13)21(26)24-18-8-4-6-15(10-18)14(2)29-19-11-17(22)12-23-20(19)25(27)28/h3-12,14H,1-2H3,(H,24,26). The van der Waals surface area contributed by atoms with Crippen LogP contribution in [0.5, 0.6) is 5.75 Å². The molecule has 0 spiro atoms. The number of aryl methyl sites for hydroxylation is 1. The van der Waals surface area contributed by atoms with E-state index in [1.165, 1.54) is 12.3 Å². The fraction of sp³-hybridized carbons (Fsp3) is 0.143. The lowest BCUT2D eigenvalue weighted by Crippen LogP contribution is -2.12. The molecule has 1 atom stereocenters. The monoisotopic (exact) mass is 411 g/mol. The fourth-order valence-electron chi connectivity index (χ4n) is 2.75. The highest BCUT2D eigenvalue weighted by molar-refractivity contribution is 6.30. The maximum Gasteiger partial charge on any atom is 0.406 e. The van der Waals surface area contributed by atoms with Crippen molar-refractivity contribution in [2.45, 2.75) is 20.0 Å². The highest BCUT2D eigenvalue weighted by Gasteiger charge is 2.20. The summed E-state index contributed by atoms with van der Waals surface area (Å²) in [7, 11) is 0. The normalized spacial score (nSPS) is 11.6. The summed E-state index contributed by atoms with van der Waals surface area (Å²) < 4.78 is 5.73.